The largest absolute Gasteiger partial charge is 0.459 e. The molecule has 8 nitrogen and oxygen atoms in total. The van der Waals surface area contributed by atoms with E-state index in [9.17, 15) is 18.8 Å². The van der Waals surface area contributed by atoms with Crippen LogP contribution in [-0.2, 0) is 9.59 Å². The van der Waals surface area contributed by atoms with Gasteiger partial charge in [0.2, 0.25) is 5.91 Å². The molecule has 0 atom stereocenters. The summed E-state index contributed by atoms with van der Waals surface area (Å²) >= 11 is 0. The first-order valence-corrected chi connectivity index (χ1v) is 11.5. The normalized spacial score (nSPS) is 17.2. The van der Waals surface area contributed by atoms with Gasteiger partial charge in [-0.05, 0) is 61.4 Å². The van der Waals surface area contributed by atoms with Crippen LogP contribution in [0.1, 0.15) is 23.4 Å². The number of carbonyl (C=O) groups excluding carboxylic acids is 3. The number of rotatable bonds is 5. The molecule has 2 aliphatic rings. The first-order chi connectivity index (χ1) is 17.0. The molecule has 1 aromatic heterocycles. The second-order valence-corrected chi connectivity index (χ2v) is 8.76. The SMILES string of the molecule is O=C(CN1CN(c2ccccc2)C2(CCN(C(=O)c3ccco3)CC2)C1=O)Nc1ccc(F)cc1. The topological polar surface area (TPSA) is 86.1 Å². The highest BCUT2D eigenvalue weighted by Crippen LogP contribution is 2.39. The van der Waals surface area contributed by atoms with Gasteiger partial charge in [0.25, 0.3) is 11.8 Å². The summed E-state index contributed by atoms with van der Waals surface area (Å²) in [7, 11) is 0. The summed E-state index contributed by atoms with van der Waals surface area (Å²) in [4.78, 5) is 44.5. The van der Waals surface area contributed by atoms with Crippen molar-refractivity contribution in [2.45, 2.75) is 18.4 Å². The van der Waals surface area contributed by atoms with Crippen LogP contribution in [0, 0.1) is 5.82 Å². The van der Waals surface area contributed by atoms with Crippen LogP contribution in [0.3, 0.4) is 0 Å². The Morgan fingerprint density at radius 3 is 2.34 bits per heavy atom. The van der Waals surface area contributed by atoms with Gasteiger partial charge in [-0.25, -0.2) is 4.39 Å². The zero-order valence-corrected chi connectivity index (χ0v) is 19.0. The predicted octanol–water partition coefficient (Wildman–Crippen LogP) is 3.34. The number of nitrogens with zero attached hydrogens (tertiary/aromatic N) is 3. The van der Waals surface area contributed by atoms with E-state index in [0.29, 0.717) is 31.6 Å². The zero-order chi connectivity index (χ0) is 24.4. The number of benzene rings is 2. The second kappa shape index (κ2) is 9.25. The molecule has 0 aliphatic carbocycles. The number of para-hydroxylation sites is 1. The minimum atomic E-state index is -0.850. The Morgan fingerprint density at radius 1 is 0.971 bits per heavy atom. The standard InChI is InChI=1S/C26H25FN4O4/c27-19-8-10-20(11-9-19)28-23(32)17-30-18-31(21-5-2-1-3-6-21)26(25(30)34)12-14-29(15-13-26)24(33)22-7-4-16-35-22/h1-11,16H,12-15,17-18H2,(H,28,32). The summed E-state index contributed by atoms with van der Waals surface area (Å²) in [6.07, 6.45) is 2.33. The van der Waals surface area contributed by atoms with Crippen LogP contribution in [0.15, 0.2) is 77.4 Å². The van der Waals surface area contributed by atoms with Crippen molar-refractivity contribution >= 4 is 29.1 Å². The van der Waals surface area contributed by atoms with Crippen LogP contribution in [0.4, 0.5) is 15.8 Å². The van der Waals surface area contributed by atoms with Gasteiger partial charge in [0.05, 0.1) is 12.9 Å². The highest BCUT2D eigenvalue weighted by atomic mass is 19.1. The lowest BCUT2D eigenvalue weighted by Gasteiger charge is -2.43. The number of nitrogens with one attached hydrogen (secondary N) is 1. The first-order valence-electron chi connectivity index (χ1n) is 11.5. The van der Waals surface area contributed by atoms with Crippen LogP contribution in [0.25, 0.3) is 0 Å². The van der Waals surface area contributed by atoms with Gasteiger partial charge in [-0.15, -0.1) is 0 Å². The molecule has 2 fully saturated rings. The molecule has 0 radical (unpaired) electrons. The van der Waals surface area contributed by atoms with Gasteiger partial charge >= 0.3 is 0 Å². The summed E-state index contributed by atoms with van der Waals surface area (Å²) in [5.74, 6) is -0.814. The van der Waals surface area contributed by atoms with E-state index < -0.39 is 11.4 Å². The number of furan rings is 1. The Kier molecular flexibility index (Phi) is 5.98. The molecular formula is C26H25FN4O4. The fraction of sp³-hybridized carbons (Fsp3) is 0.269. The molecule has 180 valence electrons. The molecule has 0 saturated carbocycles. The number of piperidine rings is 1. The van der Waals surface area contributed by atoms with E-state index >= 15 is 0 Å². The third kappa shape index (κ3) is 4.37. The van der Waals surface area contributed by atoms with Crippen molar-refractivity contribution in [3.8, 4) is 0 Å². The van der Waals surface area contributed by atoms with Crippen LogP contribution in [0.5, 0.6) is 0 Å². The quantitative estimate of drug-likeness (QED) is 0.611. The number of carbonyl (C=O) groups is 3. The number of anilines is 2. The maximum absolute atomic E-state index is 13.7. The van der Waals surface area contributed by atoms with Gasteiger partial charge in [0.1, 0.15) is 17.9 Å². The van der Waals surface area contributed by atoms with Crippen molar-refractivity contribution in [2.24, 2.45) is 0 Å². The third-order valence-electron chi connectivity index (χ3n) is 6.65. The summed E-state index contributed by atoms with van der Waals surface area (Å²) < 4.78 is 18.4. The Hall–Kier alpha value is -4.14. The number of halogens is 1. The minimum Gasteiger partial charge on any atom is -0.459 e. The van der Waals surface area contributed by atoms with E-state index in [1.807, 2.05) is 35.2 Å². The Balaban J connectivity index is 1.34. The van der Waals surface area contributed by atoms with Crippen molar-refractivity contribution in [3.05, 3.63) is 84.6 Å². The van der Waals surface area contributed by atoms with Crippen molar-refractivity contribution in [3.63, 3.8) is 0 Å². The van der Waals surface area contributed by atoms with E-state index in [4.69, 9.17) is 4.42 Å². The molecular weight excluding hydrogens is 451 g/mol. The molecule has 2 saturated heterocycles. The summed E-state index contributed by atoms with van der Waals surface area (Å²) in [6, 6.07) is 18.4. The van der Waals surface area contributed by atoms with Crippen molar-refractivity contribution in [1.29, 1.82) is 0 Å². The molecule has 35 heavy (non-hydrogen) atoms. The number of hydrogen-bond acceptors (Lipinski definition) is 5. The van der Waals surface area contributed by atoms with E-state index in [0.717, 1.165) is 5.69 Å². The maximum atomic E-state index is 13.7. The van der Waals surface area contributed by atoms with Crippen LogP contribution < -0.4 is 10.2 Å². The van der Waals surface area contributed by atoms with Gasteiger partial charge in [-0.3, -0.25) is 14.4 Å². The lowest BCUT2D eigenvalue weighted by molar-refractivity contribution is -0.136. The Labute approximate surface area is 201 Å². The summed E-state index contributed by atoms with van der Waals surface area (Å²) in [5.41, 5.74) is 0.493. The third-order valence-corrected chi connectivity index (χ3v) is 6.65. The highest BCUT2D eigenvalue weighted by molar-refractivity contribution is 5.99. The zero-order valence-electron chi connectivity index (χ0n) is 19.0. The summed E-state index contributed by atoms with van der Waals surface area (Å²) in [6.45, 7) is 0.913. The smallest absolute Gasteiger partial charge is 0.289 e. The Bertz CT molecular complexity index is 1210. The Morgan fingerprint density at radius 2 is 1.69 bits per heavy atom. The average molecular weight is 477 g/mol. The molecule has 3 heterocycles. The fourth-order valence-electron chi connectivity index (χ4n) is 4.87. The molecule has 2 aliphatic heterocycles. The van der Waals surface area contributed by atoms with Gasteiger partial charge in [0.15, 0.2) is 5.76 Å². The van der Waals surface area contributed by atoms with Crippen molar-refractivity contribution in [1.82, 2.24) is 9.80 Å². The second-order valence-electron chi connectivity index (χ2n) is 8.76. The van der Waals surface area contributed by atoms with E-state index in [1.165, 1.54) is 35.4 Å². The van der Waals surface area contributed by atoms with Gasteiger partial charge < -0.3 is 24.4 Å². The lowest BCUT2D eigenvalue weighted by atomic mass is 9.85. The van der Waals surface area contributed by atoms with Crippen LogP contribution in [0.2, 0.25) is 0 Å². The van der Waals surface area contributed by atoms with Crippen LogP contribution >= 0.6 is 0 Å². The molecule has 5 rings (SSSR count). The van der Waals surface area contributed by atoms with Crippen molar-refractivity contribution in [2.75, 3.05) is 36.5 Å². The molecule has 0 bridgehead atoms. The summed E-state index contributed by atoms with van der Waals surface area (Å²) in [5, 5.41) is 2.72. The van der Waals surface area contributed by atoms with E-state index in [2.05, 4.69) is 5.32 Å². The molecule has 3 aromatic rings. The number of likely N-dealkylation sites (tertiary alicyclic amines) is 1. The van der Waals surface area contributed by atoms with Gasteiger partial charge in [0, 0.05) is 24.5 Å². The van der Waals surface area contributed by atoms with Gasteiger partial charge in [-0.1, -0.05) is 18.2 Å². The molecule has 1 spiro atoms. The maximum Gasteiger partial charge on any atom is 0.289 e. The average Bonchev–Trinajstić information content (AvgIpc) is 3.50. The molecule has 1 N–H and O–H groups in total. The minimum absolute atomic E-state index is 0.129. The predicted molar refractivity (Wildman–Crippen MR) is 127 cm³/mol. The van der Waals surface area contributed by atoms with E-state index in [1.54, 1.807) is 17.0 Å². The van der Waals surface area contributed by atoms with E-state index in [-0.39, 0.29) is 36.7 Å². The molecule has 9 heteroatoms. The van der Waals surface area contributed by atoms with Crippen LogP contribution in [-0.4, -0.2) is 59.4 Å². The number of amides is 3. The molecule has 0 unspecified atom stereocenters. The van der Waals surface area contributed by atoms with Crippen molar-refractivity contribution < 1.29 is 23.2 Å². The highest BCUT2D eigenvalue weighted by Gasteiger charge is 2.54. The molecule has 3 amide bonds. The molecule has 2 aromatic carbocycles. The number of hydrogen-bond donors (Lipinski definition) is 1. The lowest BCUT2D eigenvalue weighted by Crippen LogP contribution is -2.57. The van der Waals surface area contributed by atoms with Gasteiger partial charge in [-0.2, -0.15) is 0 Å². The monoisotopic (exact) mass is 476 g/mol. The fourth-order valence-corrected chi connectivity index (χ4v) is 4.87. The first kappa shape index (κ1) is 22.6.